The molecule has 1 atom stereocenters. The van der Waals surface area contributed by atoms with Gasteiger partial charge in [-0.15, -0.1) is 0 Å². The molecule has 4 aromatic carbocycles. The number of nitrogens with one attached hydrogen (secondary N) is 3. The third-order valence-corrected chi connectivity index (χ3v) is 13.4. The first kappa shape index (κ1) is 39.1. The standard InChI is InChI=1S/C43H42FN7O8S/c1-48-35-20-28(7-10-33(35)51(43(48)56)34-11-12-37(52)46-42(34)55)27-13-15-49(16-14-27)22-26-17-30(18-26)41(54)45-31-8-9-32-29(19-31)21-36(59-24-25-5-3-2-4-6-25)40(39(32)44)50-23-38(53)47-60(50,57)58/h2-10,13,19-21,26,30,34H,11-12,14-18,22-24H2,1H3,(H,45,54)(H,47,53)(H,46,52,55). The number of rotatable bonds is 10. The van der Waals surface area contributed by atoms with Crippen LogP contribution >= 0.6 is 0 Å². The number of imidazole rings is 1. The smallest absolute Gasteiger partial charge is 0.329 e. The minimum Gasteiger partial charge on any atom is -0.487 e. The van der Waals surface area contributed by atoms with Crippen LogP contribution in [-0.4, -0.2) is 72.3 Å². The molecule has 0 bridgehead atoms. The third kappa shape index (κ3) is 7.31. The average Bonchev–Trinajstić information content (AvgIpc) is 3.63. The first-order chi connectivity index (χ1) is 28.8. The second-order valence-corrected chi connectivity index (χ2v) is 17.5. The highest BCUT2D eigenvalue weighted by Gasteiger charge is 2.39. The van der Waals surface area contributed by atoms with Gasteiger partial charge in [0.1, 0.15) is 30.6 Å². The van der Waals surface area contributed by atoms with Crippen molar-refractivity contribution in [1.29, 1.82) is 0 Å². The number of carbonyl (C=O) groups excluding carboxylic acids is 4. The molecular formula is C43H42FN7O8S. The van der Waals surface area contributed by atoms with Gasteiger partial charge in [0.05, 0.1) is 11.0 Å². The van der Waals surface area contributed by atoms with Crippen molar-refractivity contribution in [1.82, 2.24) is 24.1 Å². The Hall–Kier alpha value is -6.33. The van der Waals surface area contributed by atoms with E-state index in [1.807, 2.05) is 53.3 Å². The van der Waals surface area contributed by atoms with E-state index in [1.54, 1.807) is 23.7 Å². The maximum absolute atomic E-state index is 16.2. The average molecular weight is 836 g/mol. The molecule has 5 aromatic rings. The van der Waals surface area contributed by atoms with Crippen LogP contribution in [0.3, 0.4) is 0 Å². The van der Waals surface area contributed by atoms with Crippen LogP contribution < -0.4 is 30.1 Å². The highest BCUT2D eigenvalue weighted by atomic mass is 32.2. The Bertz CT molecular complexity index is 2810. The number of imide groups is 1. The number of halogens is 1. The Morgan fingerprint density at radius 2 is 1.75 bits per heavy atom. The van der Waals surface area contributed by atoms with E-state index in [0.29, 0.717) is 26.8 Å². The summed E-state index contributed by atoms with van der Waals surface area (Å²) in [6.45, 7) is 1.88. The van der Waals surface area contributed by atoms with Crippen molar-refractivity contribution in [3.63, 3.8) is 0 Å². The van der Waals surface area contributed by atoms with Gasteiger partial charge in [-0.1, -0.05) is 42.5 Å². The molecule has 3 aliphatic heterocycles. The fourth-order valence-electron chi connectivity index (χ4n) is 8.77. The lowest BCUT2D eigenvalue weighted by atomic mass is 9.74. The van der Waals surface area contributed by atoms with E-state index in [1.165, 1.54) is 22.3 Å². The van der Waals surface area contributed by atoms with Crippen LogP contribution in [0.4, 0.5) is 15.8 Å². The van der Waals surface area contributed by atoms with Crippen molar-refractivity contribution >= 4 is 72.6 Å². The number of piperidine rings is 1. The molecule has 60 heavy (non-hydrogen) atoms. The van der Waals surface area contributed by atoms with E-state index in [0.717, 1.165) is 55.5 Å². The summed E-state index contributed by atoms with van der Waals surface area (Å²) in [5.74, 6) is -2.47. The number of carbonyl (C=O) groups is 4. The highest BCUT2D eigenvalue weighted by molar-refractivity contribution is 7.92. The summed E-state index contributed by atoms with van der Waals surface area (Å²) in [5.41, 5.74) is 4.12. The molecule has 1 saturated carbocycles. The quantitative estimate of drug-likeness (QED) is 0.175. The SMILES string of the molecule is Cn1c(=O)n(C2CCC(=O)NC2=O)c2ccc(C3=CCN(CC4CC(C(=O)Nc5ccc6c(F)c(N7CC(=O)NS7(=O)=O)c(OCc7ccccc7)cc6c5)C4)CC3)cc21. The molecule has 17 heteroatoms. The van der Waals surface area contributed by atoms with E-state index in [2.05, 4.69) is 21.6 Å². The van der Waals surface area contributed by atoms with E-state index in [4.69, 9.17) is 4.74 Å². The van der Waals surface area contributed by atoms with Gasteiger partial charge in [0.15, 0.2) is 5.82 Å². The molecule has 4 amide bonds. The topological polar surface area (TPSA) is 181 Å². The van der Waals surface area contributed by atoms with Gasteiger partial charge in [-0.25, -0.2) is 18.2 Å². The number of hydrogen-bond acceptors (Lipinski definition) is 9. The molecule has 1 aromatic heterocycles. The van der Waals surface area contributed by atoms with Gasteiger partial charge in [0, 0.05) is 50.1 Å². The number of benzene rings is 4. The Balaban J connectivity index is 0.830. The molecule has 0 radical (unpaired) electrons. The number of fused-ring (bicyclic) bond motifs is 2. The molecule has 9 rings (SSSR count). The van der Waals surface area contributed by atoms with Crippen molar-refractivity contribution in [3.8, 4) is 5.75 Å². The van der Waals surface area contributed by atoms with Crippen molar-refractivity contribution in [2.24, 2.45) is 18.9 Å². The van der Waals surface area contributed by atoms with Crippen molar-refractivity contribution < 1.29 is 36.7 Å². The zero-order chi connectivity index (χ0) is 41.9. The molecule has 15 nitrogen and oxygen atoms in total. The first-order valence-electron chi connectivity index (χ1n) is 19.9. The van der Waals surface area contributed by atoms with Crippen LogP contribution in [0.2, 0.25) is 0 Å². The summed E-state index contributed by atoms with van der Waals surface area (Å²) in [6, 6.07) is 20.4. The predicted molar refractivity (Wildman–Crippen MR) is 222 cm³/mol. The Morgan fingerprint density at radius 1 is 0.950 bits per heavy atom. The lowest BCUT2D eigenvalue weighted by molar-refractivity contribution is -0.135. The molecule has 3 fully saturated rings. The number of ether oxygens (including phenoxy) is 1. The van der Waals surface area contributed by atoms with E-state index in [9.17, 15) is 32.4 Å². The second kappa shape index (κ2) is 15.4. The molecule has 4 heterocycles. The molecule has 2 saturated heterocycles. The van der Waals surface area contributed by atoms with Gasteiger partial charge in [-0.05, 0) is 90.1 Å². The zero-order valence-corrected chi connectivity index (χ0v) is 33.5. The fraction of sp³-hybridized carbons (Fsp3) is 0.326. The number of anilines is 2. The van der Waals surface area contributed by atoms with Crippen LogP contribution in [0.5, 0.6) is 5.75 Å². The molecule has 4 aliphatic rings. The molecule has 310 valence electrons. The van der Waals surface area contributed by atoms with Gasteiger partial charge < -0.3 is 10.1 Å². The summed E-state index contributed by atoms with van der Waals surface area (Å²) >= 11 is 0. The second-order valence-electron chi connectivity index (χ2n) is 15.9. The van der Waals surface area contributed by atoms with Gasteiger partial charge in [-0.2, -0.15) is 8.42 Å². The minimum atomic E-state index is -4.33. The summed E-state index contributed by atoms with van der Waals surface area (Å²) in [4.78, 5) is 65.3. The zero-order valence-electron chi connectivity index (χ0n) is 32.6. The number of aryl methyl sites for hydroxylation is 1. The van der Waals surface area contributed by atoms with Gasteiger partial charge in [0.25, 0.3) is 5.91 Å². The number of hydrogen-bond donors (Lipinski definition) is 3. The summed E-state index contributed by atoms with van der Waals surface area (Å²) < 4.78 is 53.3. The van der Waals surface area contributed by atoms with Crippen LogP contribution in [0.15, 0.2) is 83.7 Å². The molecule has 0 spiro atoms. The van der Waals surface area contributed by atoms with E-state index >= 15 is 4.39 Å². The highest BCUT2D eigenvalue weighted by Crippen LogP contribution is 2.41. The Morgan fingerprint density at radius 3 is 2.47 bits per heavy atom. The molecule has 3 N–H and O–H groups in total. The molecule has 1 aliphatic carbocycles. The third-order valence-electron chi connectivity index (χ3n) is 12.0. The summed E-state index contributed by atoms with van der Waals surface area (Å²) in [5, 5.41) is 5.80. The largest absolute Gasteiger partial charge is 0.487 e. The normalized spacial score (nSPS) is 21.7. The van der Waals surface area contributed by atoms with E-state index < -0.39 is 40.4 Å². The van der Waals surface area contributed by atoms with Gasteiger partial charge >= 0.3 is 15.9 Å². The van der Waals surface area contributed by atoms with Crippen molar-refractivity contribution in [3.05, 3.63) is 106 Å². The van der Waals surface area contributed by atoms with Crippen LogP contribution in [-0.2, 0) is 43.0 Å². The van der Waals surface area contributed by atoms with Crippen molar-refractivity contribution in [2.75, 3.05) is 35.8 Å². The van der Waals surface area contributed by atoms with E-state index in [-0.39, 0.29) is 59.7 Å². The maximum Gasteiger partial charge on any atom is 0.329 e. The molecule has 1 unspecified atom stereocenters. The van der Waals surface area contributed by atoms with Gasteiger partial charge in [0.2, 0.25) is 17.7 Å². The number of amides is 4. The number of nitrogens with zero attached hydrogens (tertiary/aromatic N) is 4. The Labute approximate surface area is 343 Å². The van der Waals surface area contributed by atoms with Crippen LogP contribution in [0.1, 0.15) is 49.3 Å². The van der Waals surface area contributed by atoms with Gasteiger partial charge in [-0.3, -0.25) is 38.5 Å². The Kier molecular flexibility index (Phi) is 10.0. The van der Waals surface area contributed by atoms with Crippen molar-refractivity contribution in [2.45, 2.75) is 44.8 Å². The minimum absolute atomic E-state index is 0.0203. The fourth-order valence-corrected chi connectivity index (χ4v) is 9.93. The van der Waals surface area contributed by atoms with Crippen LogP contribution in [0.25, 0.3) is 27.4 Å². The van der Waals surface area contributed by atoms with Crippen LogP contribution in [0, 0.1) is 17.7 Å². The maximum atomic E-state index is 16.2. The predicted octanol–water partition coefficient (Wildman–Crippen LogP) is 4.12. The first-order valence-corrected chi connectivity index (χ1v) is 21.3. The lowest BCUT2D eigenvalue weighted by Crippen LogP contribution is -2.44. The summed E-state index contributed by atoms with van der Waals surface area (Å²) in [6.07, 6.45) is 4.94. The monoisotopic (exact) mass is 835 g/mol. The lowest BCUT2D eigenvalue weighted by Gasteiger charge is -2.38. The molecular weight excluding hydrogens is 794 g/mol. The summed E-state index contributed by atoms with van der Waals surface area (Å²) in [7, 11) is -2.65. The number of aromatic nitrogens is 2.